The summed E-state index contributed by atoms with van der Waals surface area (Å²) < 4.78 is 0. The summed E-state index contributed by atoms with van der Waals surface area (Å²) in [5.41, 5.74) is 5.08. The van der Waals surface area contributed by atoms with E-state index in [9.17, 15) is 4.79 Å². The lowest BCUT2D eigenvalue weighted by Gasteiger charge is -2.35. The normalized spacial score (nSPS) is 14.2. The number of carbonyl (C=O) groups is 1. The van der Waals surface area contributed by atoms with Crippen LogP contribution < -0.4 is 4.90 Å². The van der Waals surface area contributed by atoms with Gasteiger partial charge in [-0.2, -0.15) is 0 Å². The fourth-order valence-corrected chi connectivity index (χ4v) is 3.78. The van der Waals surface area contributed by atoms with Crippen molar-refractivity contribution in [1.29, 1.82) is 0 Å². The number of halogens is 1. The van der Waals surface area contributed by atoms with E-state index in [2.05, 4.69) is 47.1 Å². The number of amides is 1. The standard InChI is InChI=1S/C23H23ClN4O/c1-16-3-8-20(17(2)15-16)21-9-10-22(26-25-21)27-11-13-28(14-12-27)23(29)18-4-6-19(24)7-5-18/h3-10,15H,11-14H2,1-2H3. The predicted octanol–water partition coefficient (Wildman–Crippen LogP) is 4.38. The van der Waals surface area contributed by atoms with E-state index in [4.69, 9.17) is 11.6 Å². The van der Waals surface area contributed by atoms with Crippen LogP contribution in [0.2, 0.25) is 5.02 Å². The Kier molecular flexibility index (Phi) is 5.49. The molecule has 29 heavy (non-hydrogen) atoms. The molecule has 1 aromatic heterocycles. The number of rotatable bonds is 3. The molecule has 0 aliphatic carbocycles. The molecule has 0 saturated carbocycles. The number of piperazine rings is 1. The number of anilines is 1. The van der Waals surface area contributed by atoms with Gasteiger partial charge in [0.05, 0.1) is 5.69 Å². The average Bonchev–Trinajstić information content (AvgIpc) is 2.74. The molecule has 2 heterocycles. The van der Waals surface area contributed by atoms with E-state index in [1.54, 1.807) is 24.3 Å². The van der Waals surface area contributed by atoms with Gasteiger partial charge in [0.25, 0.3) is 5.91 Å². The highest BCUT2D eigenvalue weighted by atomic mass is 35.5. The van der Waals surface area contributed by atoms with Gasteiger partial charge in [0.1, 0.15) is 0 Å². The van der Waals surface area contributed by atoms with Gasteiger partial charge in [0.15, 0.2) is 5.82 Å². The van der Waals surface area contributed by atoms with E-state index < -0.39 is 0 Å². The Bertz CT molecular complexity index is 1010. The average molecular weight is 407 g/mol. The quantitative estimate of drug-likeness (QED) is 0.647. The first-order chi connectivity index (χ1) is 14.0. The van der Waals surface area contributed by atoms with Gasteiger partial charge in [-0.05, 0) is 55.8 Å². The van der Waals surface area contributed by atoms with Crippen molar-refractivity contribution in [2.45, 2.75) is 13.8 Å². The van der Waals surface area contributed by atoms with E-state index in [-0.39, 0.29) is 5.91 Å². The maximum atomic E-state index is 12.6. The van der Waals surface area contributed by atoms with E-state index in [0.29, 0.717) is 23.7 Å². The first-order valence-electron chi connectivity index (χ1n) is 9.72. The van der Waals surface area contributed by atoms with Gasteiger partial charge < -0.3 is 9.80 Å². The van der Waals surface area contributed by atoms with Crippen molar-refractivity contribution in [3.63, 3.8) is 0 Å². The number of hydrogen-bond acceptors (Lipinski definition) is 4. The van der Waals surface area contributed by atoms with E-state index >= 15 is 0 Å². The summed E-state index contributed by atoms with van der Waals surface area (Å²) in [5, 5.41) is 9.51. The van der Waals surface area contributed by atoms with Crippen LogP contribution in [-0.2, 0) is 0 Å². The van der Waals surface area contributed by atoms with E-state index in [1.165, 1.54) is 11.1 Å². The topological polar surface area (TPSA) is 49.3 Å². The number of benzene rings is 2. The molecule has 5 nitrogen and oxygen atoms in total. The largest absolute Gasteiger partial charge is 0.352 e. The maximum Gasteiger partial charge on any atom is 0.253 e. The summed E-state index contributed by atoms with van der Waals surface area (Å²) in [6.45, 7) is 6.95. The molecule has 0 bridgehead atoms. The van der Waals surface area contributed by atoms with Crippen LogP contribution in [-0.4, -0.2) is 47.2 Å². The number of nitrogens with zero attached hydrogens (tertiary/aromatic N) is 4. The van der Waals surface area contributed by atoms with E-state index in [0.717, 1.165) is 30.2 Å². The van der Waals surface area contributed by atoms with E-state index in [1.807, 2.05) is 17.0 Å². The first kappa shape index (κ1) is 19.4. The number of hydrogen-bond donors (Lipinski definition) is 0. The second-order valence-corrected chi connectivity index (χ2v) is 7.82. The molecule has 0 N–H and O–H groups in total. The third-order valence-electron chi connectivity index (χ3n) is 5.29. The molecule has 0 unspecified atom stereocenters. The molecule has 1 fully saturated rings. The predicted molar refractivity (Wildman–Crippen MR) is 117 cm³/mol. The van der Waals surface area contributed by atoms with Crippen molar-refractivity contribution in [3.8, 4) is 11.3 Å². The maximum absolute atomic E-state index is 12.6. The minimum atomic E-state index is 0.0394. The van der Waals surface area contributed by atoms with Gasteiger partial charge in [-0.3, -0.25) is 4.79 Å². The van der Waals surface area contributed by atoms with Crippen LogP contribution in [0.25, 0.3) is 11.3 Å². The molecular formula is C23H23ClN4O. The molecule has 148 valence electrons. The minimum absolute atomic E-state index is 0.0394. The van der Waals surface area contributed by atoms with Crippen LogP contribution in [0, 0.1) is 13.8 Å². The van der Waals surface area contributed by atoms with Crippen LogP contribution in [0.1, 0.15) is 21.5 Å². The van der Waals surface area contributed by atoms with Gasteiger partial charge in [-0.15, -0.1) is 10.2 Å². The Morgan fingerprint density at radius 2 is 1.62 bits per heavy atom. The zero-order chi connectivity index (χ0) is 20.4. The van der Waals surface area contributed by atoms with Crippen molar-refractivity contribution < 1.29 is 4.79 Å². The van der Waals surface area contributed by atoms with Crippen LogP contribution in [0.4, 0.5) is 5.82 Å². The Balaban J connectivity index is 1.41. The SMILES string of the molecule is Cc1ccc(-c2ccc(N3CCN(C(=O)c4ccc(Cl)cc4)CC3)nn2)c(C)c1. The highest BCUT2D eigenvalue weighted by Crippen LogP contribution is 2.23. The Hall–Kier alpha value is -2.92. The summed E-state index contributed by atoms with van der Waals surface area (Å²) in [7, 11) is 0. The molecule has 1 saturated heterocycles. The fraction of sp³-hybridized carbons (Fsp3) is 0.261. The molecule has 1 amide bonds. The van der Waals surface area contributed by atoms with Gasteiger partial charge in [-0.25, -0.2) is 0 Å². The first-order valence-corrected chi connectivity index (χ1v) is 10.1. The Morgan fingerprint density at radius 3 is 2.24 bits per heavy atom. The summed E-state index contributed by atoms with van der Waals surface area (Å²) in [5.74, 6) is 0.884. The second kappa shape index (κ2) is 8.21. The lowest BCUT2D eigenvalue weighted by atomic mass is 10.0. The van der Waals surface area contributed by atoms with Crippen molar-refractivity contribution in [2.24, 2.45) is 0 Å². The molecular weight excluding hydrogens is 384 g/mol. The lowest BCUT2D eigenvalue weighted by molar-refractivity contribution is 0.0746. The summed E-state index contributed by atoms with van der Waals surface area (Å²) >= 11 is 5.91. The summed E-state index contributed by atoms with van der Waals surface area (Å²) in [4.78, 5) is 16.7. The highest BCUT2D eigenvalue weighted by molar-refractivity contribution is 6.30. The van der Waals surface area contributed by atoms with Gasteiger partial charge in [-0.1, -0.05) is 35.4 Å². The zero-order valence-corrected chi connectivity index (χ0v) is 17.4. The number of carbonyl (C=O) groups excluding carboxylic acids is 1. The van der Waals surface area contributed by atoms with Crippen molar-refractivity contribution in [2.75, 3.05) is 31.1 Å². The van der Waals surface area contributed by atoms with Crippen molar-refractivity contribution in [1.82, 2.24) is 15.1 Å². The Morgan fingerprint density at radius 1 is 0.897 bits per heavy atom. The second-order valence-electron chi connectivity index (χ2n) is 7.38. The van der Waals surface area contributed by atoms with Crippen molar-refractivity contribution >= 4 is 23.3 Å². The molecule has 3 aromatic rings. The third kappa shape index (κ3) is 4.25. The fourth-order valence-electron chi connectivity index (χ4n) is 3.65. The monoisotopic (exact) mass is 406 g/mol. The molecule has 1 aliphatic rings. The molecule has 0 radical (unpaired) electrons. The Labute approximate surface area is 175 Å². The molecule has 6 heteroatoms. The molecule has 4 rings (SSSR count). The number of aromatic nitrogens is 2. The molecule has 0 spiro atoms. The van der Waals surface area contributed by atoms with Crippen LogP contribution in [0.5, 0.6) is 0 Å². The van der Waals surface area contributed by atoms with Crippen molar-refractivity contribution in [3.05, 3.63) is 76.3 Å². The smallest absolute Gasteiger partial charge is 0.253 e. The highest BCUT2D eigenvalue weighted by Gasteiger charge is 2.23. The van der Waals surface area contributed by atoms with Crippen LogP contribution in [0.3, 0.4) is 0 Å². The van der Waals surface area contributed by atoms with Crippen LogP contribution in [0.15, 0.2) is 54.6 Å². The van der Waals surface area contributed by atoms with Gasteiger partial charge >= 0.3 is 0 Å². The molecule has 2 aromatic carbocycles. The van der Waals surface area contributed by atoms with Gasteiger partial charge in [0.2, 0.25) is 0 Å². The molecule has 0 atom stereocenters. The van der Waals surface area contributed by atoms with Gasteiger partial charge in [0, 0.05) is 42.3 Å². The number of aryl methyl sites for hydroxylation is 2. The summed E-state index contributed by atoms with van der Waals surface area (Å²) in [6.07, 6.45) is 0. The minimum Gasteiger partial charge on any atom is -0.352 e. The third-order valence-corrected chi connectivity index (χ3v) is 5.54. The summed E-state index contributed by atoms with van der Waals surface area (Å²) in [6, 6.07) is 17.4. The lowest BCUT2D eigenvalue weighted by Crippen LogP contribution is -2.49. The van der Waals surface area contributed by atoms with Crippen LogP contribution >= 0.6 is 11.6 Å². The zero-order valence-electron chi connectivity index (χ0n) is 16.6. The molecule has 1 aliphatic heterocycles.